The Morgan fingerprint density at radius 2 is 1.87 bits per heavy atom. The van der Waals surface area contributed by atoms with Gasteiger partial charge in [-0.15, -0.1) is 0 Å². The lowest BCUT2D eigenvalue weighted by atomic mass is 10.0. The predicted molar refractivity (Wildman–Crippen MR) is 193 cm³/mol. The summed E-state index contributed by atoms with van der Waals surface area (Å²) in [6.07, 6.45) is 5.27. The van der Waals surface area contributed by atoms with E-state index in [1.54, 1.807) is 44.4 Å². The van der Waals surface area contributed by atoms with E-state index in [4.69, 9.17) is 4.74 Å². The molecular formula is C37H38FN9O6. The van der Waals surface area contributed by atoms with Crippen LogP contribution >= 0.6 is 0 Å². The van der Waals surface area contributed by atoms with Gasteiger partial charge in [-0.05, 0) is 63.4 Å². The van der Waals surface area contributed by atoms with E-state index in [1.165, 1.54) is 12.3 Å². The average molecular weight is 724 g/mol. The number of benzene rings is 1. The minimum absolute atomic E-state index is 0.0198. The molecule has 5 N–H and O–H groups in total. The smallest absolute Gasteiger partial charge is 0.264 e. The molecular weight excluding hydrogens is 685 g/mol. The minimum atomic E-state index is -1.59. The number of pyridine rings is 3. The molecule has 53 heavy (non-hydrogen) atoms. The zero-order chi connectivity index (χ0) is 37.3. The van der Waals surface area contributed by atoms with Gasteiger partial charge in [-0.1, -0.05) is 6.07 Å². The second kappa shape index (κ2) is 14.5. The molecule has 3 aliphatic rings. The molecule has 1 aliphatic carbocycles. The van der Waals surface area contributed by atoms with E-state index in [2.05, 4.69) is 41.5 Å². The summed E-state index contributed by atoms with van der Waals surface area (Å²) >= 11 is 0. The fraction of sp³-hybridized carbons (Fsp3) is 0.351. The number of anilines is 4. The van der Waals surface area contributed by atoms with Crippen LogP contribution in [-0.4, -0.2) is 92.9 Å². The molecule has 3 aromatic heterocycles. The summed E-state index contributed by atoms with van der Waals surface area (Å²) in [6.45, 7) is 3.01. The zero-order valence-corrected chi connectivity index (χ0v) is 29.1. The van der Waals surface area contributed by atoms with Crippen molar-refractivity contribution in [1.82, 2.24) is 30.5 Å². The van der Waals surface area contributed by atoms with E-state index in [-0.39, 0.29) is 55.3 Å². The van der Waals surface area contributed by atoms with E-state index in [9.17, 15) is 24.0 Å². The number of nitrogens with one attached hydrogen (secondary N) is 5. The third-order valence-electron chi connectivity index (χ3n) is 9.39. The maximum Gasteiger partial charge on any atom is 0.264 e. The Morgan fingerprint density at radius 1 is 1.04 bits per heavy atom. The zero-order valence-electron chi connectivity index (χ0n) is 29.1. The van der Waals surface area contributed by atoms with Crippen LogP contribution in [0.1, 0.15) is 70.6 Å². The van der Waals surface area contributed by atoms with Crippen LogP contribution in [-0.2, 0) is 14.3 Å². The molecule has 0 spiro atoms. The Hall–Kier alpha value is -6.03. The molecule has 0 radical (unpaired) electrons. The maximum absolute atomic E-state index is 15.5. The Labute approximate surface area is 303 Å². The number of piperidine rings is 1. The highest BCUT2D eigenvalue weighted by molar-refractivity contribution is 6.25. The van der Waals surface area contributed by atoms with Crippen LogP contribution in [0.3, 0.4) is 0 Å². The van der Waals surface area contributed by atoms with Crippen LogP contribution in [0, 0.1) is 0 Å². The SMILES string of the molecule is CC(C)(OCCNc1cccc2c1C(=O)N(C1CCC(=O)NC1=O)C2=O)C(F)CNC(=O)c1cnc(Nc2ccc3cnccc3n2)cc1NC1CC1. The van der Waals surface area contributed by atoms with Crippen molar-refractivity contribution in [1.29, 1.82) is 0 Å². The lowest BCUT2D eigenvalue weighted by molar-refractivity contribution is -0.136. The predicted octanol–water partition coefficient (Wildman–Crippen LogP) is 3.72. The standard InChI is InChI=1S/C37H38FN9O6/c1-37(2,53-15-14-40-25-5-3-4-22-32(25)36(52)47(35(22)51)27-9-11-31(48)46-34(27)50)28(38)19-42-33(49)23-18-41-30(16-26(23)43-21-7-8-21)45-29-10-6-20-17-39-13-12-24(20)44-29/h3-6,10,12-13,16-18,21,27-28,40H,7-9,11,14-15,19H2,1-2H3,(H,42,49)(H,46,48,50)(H2,41,43,44,45). The van der Waals surface area contributed by atoms with E-state index in [0.29, 0.717) is 23.0 Å². The van der Waals surface area contributed by atoms with E-state index < -0.39 is 47.4 Å². The second-order valence-corrected chi connectivity index (χ2v) is 13.7. The number of nitrogens with zero attached hydrogens (tertiary/aromatic N) is 4. The highest BCUT2D eigenvalue weighted by atomic mass is 19.1. The van der Waals surface area contributed by atoms with Gasteiger partial charge in [0, 0.05) is 54.7 Å². The van der Waals surface area contributed by atoms with E-state index in [0.717, 1.165) is 28.6 Å². The van der Waals surface area contributed by atoms with Crippen LogP contribution in [0.25, 0.3) is 10.9 Å². The van der Waals surface area contributed by atoms with Crippen molar-refractivity contribution in [2.75, 3.05) is 35.6 Å². The molecule has 0 bridgehead atoms. The number of aromatic nitrogens is 3. The van der Waals surface area contributed by atoms with Crippen LogP contribution in [0.15, 0.2) is 61.1 Å². The van der Waals surface area contributed by atoms with Crippen molar-refractivity contribution in [2.24, 2.45) is 0 Å². The fourth-order valence-electron chi connectivity index (χ4n) is 6.21. The molecule has 4 aromatic rings. The van der Waals surface area contributed by atoms with Crippen molar-refractivity contribution >= 4 is 63.4 Å². The Kier molecular flexibility index (Phi) is 9.70. The van der Waals surface area contributed by atoms with Gasteiger partial charge in [0.15, 0.2) is 0 Å². The van der Waals surface area contributed by atoms with Crippen molar-refractivity contribution in [3.05, 3.63) is 77.7 Å². The average Bonchev–Trinajstić information content (AvgIpc) is 3.92. The first-order valence-electron chi connectivity index (χ1n) is 17.4. The van der Waals surface area contributed by atoms with Crippen LogP contribution in [0.2, 0.25) is 0 Å². The number of ether oxygens (including phenoxy) is 1. The van der Waals surface area contributed by atoms with E-state index in [1.807, 2.05) is 18.2 Å². The van der Waals surface area contributed by atoms with Crippen LogP contribution < -0.4 is 26.6 Å². The molecule has 2 aliphatic heterocycles. The Bertz CT molecular complexity index is 2120. The van der Waals surface area contributed by atoms with Gasteiger partial charge in [-0.3, -0.25) is 39.2 Å². The molecule has 2 fully saturated rings. The number of hydrogen-bond acceptors (Lipinski definition) is 12. The first-order chi connectivity index (χ1) is 25.5. The number of amides is 5. The first-order valence-corrected chi connectivity index (χ1v) is 17.4. The lowest BCUT2D eigenvalue weighted by Crippen LogP contribution is -2.54. The minimum Gasteiger partial charge on any atom is -0.382 e. The highest BCUT2D eigenvalue weighted by Gasteiger charge is 2.45. The molecule has 5 amide bonds. The Balaban J connectivity index is 0.927. The number of hydrogen-bond donors (Lipinski definition) is 5. The third-order valence-corrected chi connectivity index (χ3v) is 9.39. The molecule has 274 valence electrons. The number of carbonyl (C=O) groups excluding carboxylic acids is 5. The van der Waals surface area contributed by atoms with Crippen molar-refractivity contribution in [3.8, 4) is 0 Å². The van der Waals surface area contributed by atoms with Crippen molar-refractivity contribution in [2.45, 2.75) is 63.4 Å². The number of carbonyl (C=O) groups is 5. The summed E-state index contributed by atoms with van der Waals surface area (Å²) in [5.74, 6) is -1.82. The van der Waals surface area contributed by atoms with Crippen molar-refractivity contribution in [3.63, 3.8) is 0 Å². The first kappa shape index (κ1) is 35.4. The summed E-state index contributed by atoms with van der Waals surface area (Å²) in [4.78, 5) is 77.8. The normalized spacial score (nSPS) is 17.7. The Morgan fingerprint density at radius 3 is 2.66 bits per heavy atom. The topological polar surface area (TPSA) is 197 Å². The van der Waals surface area contributed by atoms with Gasteiger partial charge >= 0.3 is 0 Å². The molecule has 16 heteroatoms. The summed E-state index contributed by atoms with van der Waals surface area (Å²) in [7, 11) is 0. The quantitative estimate of drug-likeness (QED) is 0.0936. The van der Waals surface area contributed by atoms with Crippen LogP contribution in [0.5, 0.6) is 0 Å². The maximum atomic E-state index is 15.5. The van der Waals surface area contributed by atoms with E-state index >= 15 is 4.39 Å². The summed E-state index contributed by atoms with van der Waals surface area (Å²) in [6, 6.07) is 11.2. The van der Waals surface area contributed by atoms with Gasteiger partial charge in [0.1, 0.15) is 23.8 Å². The molecule has 15 nitrogen and oxygen atoms in total. The monoisotopic (exact) mass is 723 g/mol. The summed E-state index contributed by atoms with van der Waals surface area (Å²) < 4.78 is 21.4. The second-order valence-electron chi connectivity index (χ2n) is 13.7. The fourth-order valence-corrected chi connectivity index (χ4v) is 6.21. The van der Waals surface area contributed by atoms with Gasteiger partial charge in [0.05, 0.1) is 46.6 Å². The largest absolute Gasteiger partial charge is 0.382 e. The highest BCUT2D eigenvalue weighted by Crippen LogP contribution is 2.33. The molecule has 2 atom stereocenters. The van der Waals surface area contributed by atoms with Gasteiger partial charge in [0.25, 0.3) is 17.7 Å². The van der Waals surface area contributed by atoms with Gasteiger partial charge in [-0.25, -0.2) is 14.4 Å². The molecule has 1 saturated heterocycles. The van der Waals surface area contributed by atoms with Gasteiger partial charge in [0.2, 0.25) is 11.8 Å². The van der Waals surface area contributed by atoms with Gasteiger partial charge < -0.3 is 26.0 Å². The molecule has 1 aromatic carbocycles. The number of alkyl halides is 1. The molecule has 5 heterocycles. The number of halogens is 1. The summed E-state index contributed by atoms with van der Waals surface area (Å²) in [5, 5.41) is 15.4. The number of fused-ring (bicyclic) bond motifs is 2. The van der Waals surface area contributed by atoms with Crippen LogP contribution in [0.4, 0.5) is 27.4 Å². The summed E-state index contributed by atoms with van der Waals surface area (Å²) in [5.41, 5.74) is 0.928. The van der Waals surface area contributed by atoms with Gasteiger partial charge in [-0.2, -0.15) is 0 Å². The number of rotatable bonds is 14. The van der Waals surface area contributed by atoms with Crippen molar-refractivity contribution < 1.29 is 33.1 Å². The third kappa shape index (κ3) is 7.62. The molecule has 7 rings (SSSR count). The number of imide groups is 2. The lowest BCUT2D eigenvalue weighted by Gasteiger charge is -2.29. The molecule has 1 saturated carbocycles. The molecule has 2 unspecified atom stereocenters.